The molecule has 1 amide bonds. The highest BCUT2D eigenvalue weighted by atomic mass is 19.1. The van der Waals surface area contributed by atoms with E-state index in [-0.39, 0.29) is 29.2 Å². The predicted octanol–water partition coefficient (Wildman–Crippen LogP) is 1.99. The number of carbonyl (C=O) groups is 1. The Morgan fingerprint density at radius 1 is 1.23 bits per heavy atom. The average Bonchev–Trinajstić information content (AvgIpc) is 2.84. The van der Waals surface area contributed by atoms with Crippen LogP contribution in [-0.2, 0) is 4.79 Å². The van der Waals surface area contributed by atoms with Gasteiger partial charge < -0.3 is 10.6 Å². The monoisotopic (exact) mass is 305 g/mol. The Hall–Kier alpha value is -1.46. The van der Waals surface area contributed by atoms with Crippen molar-refractivity contribution < 1.29 is 9.18 Å². The van der Waals surface area contributed by atoms with Crippen molar-refractivity contribution in [1.29, 1.82) is 0 Å². The molecule has 0 radical (unpaired) electrons. The maximum Gasteiger partial charge on any atom is 0.244 e. The van der Waals surface area contributed by atoms with Gasteiger partial charge in [0.15, 0.2) is 0 Å². The van der Waals surface area contributed by atoms with Crippen LogP contribution in [0.2, 0.25) is 0 Å². The van der Waals surface area contributed by atoms with E-state index in [4.69, 9.17) is 5.73 Å². The third kappa shape index (κ3) is 2.63. The van der Waals surface area contributed by atoms with E-state index in [1.807, 2.05) is 0 Å². The number of likely N-dealkylation sites (tertiary alicyclic amines) is 1. The average molecular weight is 305 g/mol. The van der Waals surface area contributed by atoms with Gasteiger partial charge in [-0.1, -0.05) is 26.0 Å². The van der Waals surface area contributed by atoms with Crippen molar-refractivity contribution in [3.8, 4) is 0 Å². The number of benzene rings is 1. The number of nitrogens with two attached hydrogens (primary N) is 1. The maximum absolute atomic E-state index is 13.9. The summed E-state index contributed by atoms with van der Waals surface area (Å²) in [5.74, 6) is -0.325. The SMILES string of the molecule is CC1(C)CN(C2CCN(c3ccccc3F)C2=O)CCC1N. The van der Waals surface area contributed by atoms with E-state index in [0.717, 1.165) is 25.9 Å². The first kappa shape index (κ1) is 15.4. The van der Waals surface area contributed by atoms with E-state index < -0.39 is 0 Å². The van der Waals surface area contributed by atoms with Gasteiger partial charge in [0.2, 0.25) is 5.91 Å². The molecule has 1 aromatic rings. The van der Waals surface area contributed by atoms with Gasteiger partial charge in [-0.3, -0.25) is 9.69 Å². The lowest BCUT2D eigenvalue weighted by Gasteiger charge is -2.44. The Morgan fingerprint density at radius 3 is 2.64 bits per heavy atom. The van der Waals surface area contributed by atoms with Crippen LogP contribution in [-0.4, -0.2) is 42.5 Å². The zero-order valence-electron chi connectivity index (χ0n) is 13.3. The van der Waals surface area contributed by atoms with Crippen LogP contribution in [0.15, 0.2) is 24.3 Å². The van der Waals surface area contributed by atoms with Crippen molar-refractivity contribution in [3.05, 3.63) is 30.1 Å². The van der Waals surface area contributed by atoms with Gasteiger partial charge in [-0.2, -0.15) is 0 Å². The topological polar surface area (TPSA) is 49.6 Å². The quantitative estimate of drug-likeness (QED) is 0.909. The first-order valence-corrected chi connectivity index (χ1v) is 7.96. The molecule has 22 heavy (non-hydrogen) atoms. The van der Waals surface area contributed by atoms with Crippen molar-refractivity contribution in [2.75, 3.05) is 24.5 Å². The van der Waals surface area contributed by atoms with Gasteiger partial charge in [0.1, 0.15) is 5.82 Å². The van der Waals surface area contributed by atoms with Crippen LogP contribution in [0.4, 0.5) is 10.1 Å². The molecule has 2 atom stereocenters. The molecule has 0 spiro atoms. The molecule has 120 valence electrons. The van der Waals surface area contributed by atoms with Crippen molar-refractivity contribution >= 4 is 11.6 Å². The Balaban J connectivity index is 1.76. The van der Waals surface area contributed by atoms with Crippen molar-refractivity contribution in [2.24, 2.45) is 11.1 Å². The van der Waals surface area contributed by atoms with Crippen molar-refractivity contribution in [1.82, 2.24) is 4.90 Å². The summed E-state index contributed by atoms with van der Waals surface area (Å²) in [6.45, 7) is 6.53. The van der Waals surface area contributed by atoms with E-state index in [0.29, 0.717) is 12.2 Å². The third-order valence-corrected chi connectivity index (χ3v) is 5.10. The van der Waals surface area contributed by atoms with Gasteiger partial charge >= 0.3 is 0 Å². The molecular formula is C17H24FN3O. The minimum Gasteiger partial charge on any atom is -0.327 e. The fourth-order valence-electron chi connectivity index (χ4n) is 3.59. The molecule has 2 aliphatic rings. The summed E-state index contributed by atoms with van der Waals surface area (Å²) >= 11 is 0. The highest BCUT2D eigenvalue weighted by Crippen LogP contribution is 2.33. The number of carbonyl (C=O) groups excluding carboxylic acids is 1. The molecule has 5 heteroatoms. The first-order valence-electron chi connectivity index (χ1n) is 7.96. The second-order valence-corrected chi connectivity index (χ2v) is 7.10. The maximum atomic E-state index is 13.9. The number of nitrogens with zero attached hydrogens (tertiary/aromatic N) is 2. The van der Waals surface area contributed by atoms with Crippen LogP contribution in [0.5, 0.6) is 0 Å². The number of piperidine rings is 1. The van der Waals surface area contributed by atoms with Crippen LogP contribution in [0, 0.1) is 11.2 Å². The molecule has 4 nitrogen and oxygen atoms in total. The molecule has 0 saturated carbocycles. The van der Waals surface area contributed by atoms with E-state index >= 15 is 0 Å². The summed E-state index contributed by atoms with van der Waals surface area (Å²) in [6.07, 6.45) is 1.65. The second-order valence-electron chi connectivity index (χ2n) is 7.10. The number of hydrogen-bond donors (Lipinski definition) is 1. The minimum absolute atomic E-state index is 0.00392. The lowest BCUT2D eigenvalue weighted by molar-refractivity contribution is -0.122. The minimum atomic E-state index is -0.336. The van der Waals surface area contributed by atoms with E-state index in [9.17, 15) is 9.18 Å². The zero-order chi connectivity index (χ0) is 15.9. The molecular weight excluding hydrogens is 281 g/mol. The lowest BCUT2D eigenvalue weighted by atomic mass is 9.79. The smallest absolute Gasteiger partial charge is 0.244 e. The van der Waals surface area contributed by atoms with Gasteiger partial charge in [-0.25, -0.2) is 4.39 Å². The molecule has 2 heterocycles. The van der Waals surface area contributed by atoms with E-state index in [2.05, 4.69) is 18.7 Å². The molecule has 0 aliphatic carbocycles. The van der Waals surface area contributed by atoms with E-state index in [1.165, 1.54) is 6.07 Å². The highest BCUT2D eigenvalue weighted by molar-refractivity contribution is 5.99. The molecule has 1 aromatic carbocycles. The van der Waals surface area contributed by atoms with Crippen molar-refractivity contribution in [3.63, 3.8) is 0 Å². The van der Waals surface area contributed by atoms with E-state index in [1.54, 1.807) is 23.1 Å². The molecule has 0 bridgehead atoms. The standard InChI is InChI=1S/C17H24FN3O/c1-17(2)11-20(9-8-15(17)19)14-7-10-21(16(14)22)13-6-4-3-5-12(13)18/h3-6,14-15H,7-11,19H2,1-2H3. The molecule has 2 N–H and O–H groups in total. The Morgan fingerprint density at radius 2 is 1.95 bits per heavy atom. The molecule has 0 aromatic heterocycles. The number of hydrogen-bond acceptors (Lipinski definition) is 3. The molecule has 2 aliphatic heterocycles. The number of amides is 1. The van der Waals surface area contributed by atoms with Crippen LogP contribution in [0.25, 0.3) is 0 Å². The second kappa shape index (κ2) is 5.63. The summed E-state index contributed by atoms with van der Waals surface area (Å²) in [5.41, 5.74) is 6.57. The third-order valence-electron chi connectivity index (χ3n) is 5.10. The summed E-state index contributed by atoms with van der Waals surface area (Å²) in [4.78, 5) is 16.5. The van der Waals surface area contributed by atoms with Crippen molar-refractivity contribution in [2.45, 2.75) is 38.8 Å². The Bertz CT molecular complexity index is 575. The largest absolute Gasteiger partial charge is 0.327 e. The number of halogens is 1. The molecule has 2 saturated heterocycles. The van der Waals surface area contributed by atoms with Crippen LogP contribution < -0.4 is 10.6 Å². The Kier molecular flexibility index (Phi) is 3.95. The summed E-state index contributed by atoms with van der Waals surface area (Å²) in [5, 5.41) is 0. The Labute approximate surface area is 131 Å². The first-order chi connectivity index (χ1) is 10.4. The van der Waals surface area contributed by atoms with Gasteiger partial charge in [0, 0.05) is 25.7 Å². The van der Waals surface area contributed by atoms with Gasteiger partial charge in [-0.15, -0.1) is 0 Å². The van der Waals surface area contributed by atoms with Crippen LogP contribution >= 0.6 is 0 Å². The summed E-state index contributed by atoms with van der Waals surface area (Å²) in [6, 6.07) is 6.51. The number of anilines is 1. The van der Waals surface area contributed by atoms with Gasteiger partial charge in [0.25, 0.3) is 0 Å². The van der Waals surface area contributed by atoms with Crippen LogP contribution in [0.3, 0.4) is 0 Å². The fourth-order valence-corrected chi connectivity index (χ4v) is 3.59. The number of rotatable bonds is 2. The zero-order valence-corrected chi connectivity index (χ0v) is 13.3. The molecule has 2 fully saturated rings. The fraction of sp³-hybridized carbons (Fsp3) is 0.588. The van der Waals surface area contributed by atoms with Gasteiger partial charge in [-0.05, 0) is 30.4 Å². The normalized spacial score (nSPS) is 29.1. The predicted molar refractivity (Wildman–Crippen MR) is 85.1 cm³/mol. The molecule has 3 rings (SSSR count). The number of para-hydroxylation sites is 1. The van der Waals surface area contributed by atoms with Crippen LogP contribution in [0.1, 0.15) is 26.7 Å². The summed E-state index contributed by atoms with van der Waals surface area (Å²) in [7, 11) is 0. The van der Waals surface area contributed by atoms with Gasteiger partial charge in [0.05, 0.1) is 11.7 Å². The molecule has 2 unspecified atom stereocenters. The summed E-state index contributed by atoms with van der Waals surface area (Å²) < 4.78 is 13.9. The lowest BCUT2D eigenvalue weighted by Crippen LogP contribution is -2.56. The highest BCUT2D eigenvalue weighted by Gasteiger charge is 2.42.